The van der Waals surface area contributed by atoms with E-state index in [1.165, 1.54) is 24.1 Å². The number of carbonyl (C=O) groups excluding carboxylic acids is 1. The second kappa shape index (κ2) is 8.47. The Morgan fingerprint density at radius 3 is 2.66 bits per heavy atom. The summed E-state index contributed by atoms with van der Waals surface area (Å²) in [4.78, 5) is 16.8. The van der Waals surface area contributed by atoms with Gasteiger partial charge in [0.05, 0.1) is 12.2 Å². The number of amides is 2. The first kappa shape index (κ1) is 19.2. The molecule has 1 aromatic carbocycles. The van der Waals surface area contributed by atoms with Gasteiger partial charge in [-0.2, -0.15) is 5.10 Å². The van der Waals surface area contributed by atoms with E-state index in [-0.39, 0.29) is 6.03 Å². The molecule has 0 spiro atoms. The van der Waals surface area contributed by atoms with Gasteiger partial charge in [0.15, 0.2) is 0 Å². The Hall–Kier alpha value is -3.15. The van der Waals surface area contributed by atoms with Crippen LogP contribution in [0.1, 0.15) is 35.2 Å². The fourth-order valence-corrected chi connectivity index (χ4v) is 4.06. The number of pyridine rings is 1. The van der Waals surface area contributed by atoms with Crippen LogP contribution < -0.4 is 10.6 Å². The average molecular weight is 390 g/mol. The largest absolute Gasteiger partial charge is 0.336 e. The molecule has 0 saturated carbocycles. The molecule has 0 aliphatic heterocycles. The van der Waals surface area contributed by atoms with Gasteiger partial charge in [-0.3, -0.25) is 9.67 Å². The SMILES string of the molecule is Cc1cc(C)cc(NC(=O)NCCn2nc(-c3ccccn3)c3c2CCCC3)c1. The standard InChI is InChI=1S/C23H27N5O/c1-16-13-17(2)15-18(14-16)26-23(29)25-11-12-28-21-9-4-3-7-19(21)22(27-28)20-8-5-6-10-24-20/h5-6,8,10,13-15H,3-4,7,9,11-12H2,1-2H3,(H2,25,26,29). The molecule has 1 aliphatic carbocycles. The van der Waals surface area contributed by atoms with Crippen LogP contribution in [0.3, 0.4) is 0 Å². The lowest BCUT2D eigenvalue weighted by Gasteiger charge is -2.14. The Bertz CT molecular complexity index is 989. The number of aryl methyl sites for hydroxylation is 2. The van der Waals surface area contributed by atoms with Crippen molar-refractivity contribution in [3.05, 3.63) is 65.0 Å². The van der Waals surface area contributed by atoms with Crippen molar-refractivity contribution in [1.82, 2.24) is 20.1 Å². The third-order valence-electron chi connectivity index (χ3n) is 5.25. The molecule has 4 rings (SSSR count). The second-order valence-electron chi connectivity index (χ2n) is 7.68. The van der Waals surface area contributed by atoms with Crippen molar-refractivity contribution in [2.75, 3.05) is 11.9 Å². The molecule has 6 nitrogen and oxygen atoms in total. The summed E-state index contributed by atoms with van der Waals surface area (Å²) in [5.41, 5.74) is 7.58. The van der Waals surface area contributed by atoms with Crippen molar-refractivity contribution in [3.8, 4) is 11.4 Å². The molecule has 1 aliphatic rings. The highest BCUT2D eigenvalue weighted by molar-refractivity contribution is 5.89. The highest BCUT2D eigenvalue weighted by Gasteiger charge is 2.22. The first-order valence-electron chi connectivity index (χ1n) is 10.2. The number of hydrogen-bond acceptors (Lipinski definition) is 3. The second-order valence-corrected chi connectivity index (χ2v) is 7.68. The zero-order chi connectivity index (χ0) is 20.2. The first-order chi connectivity index (χ1) is 14.1. The Morgan fingerprint density at radius 1 is 1.10 bits per heavy atom. The highest BCUT2D eigenvalue weighted by atomic mass is 16.2. The maximum absolute atomic E-state index is 12.3. The molecule has 0 radical (unpaired) electrons. The quantitative estimate of drug-likeness (QED) is 0.685. The highest BCUT2D eigenvalue weighted by Crippen LogP contribution is 2.30. The normalized spacial score (nSPS) is 13.0. The molecule has 0 fully saturated rings. The lowest BCUT2D eigenvalue weighted by atomic mass is 9.95. The van der Waals surface area contributed by atoms with Gasteiger partial charge in [-0.25, -0.2) is 4.79 Å². The van der Waals surface area contributed by atoms with Gasteiger partial charge in [0, 0.05) is 29.7 Å². The summed E-state index contributed by atoms with van der Waals surface area (Å²) in [6.45, 7) is 5.22. The van der Waals surface area contributed by atoms with Gasteiger partial charge >= 0.3 is 6.03 Å². The molecule has 2 N–H and O–H groups in total. The van der Waals surface area contributed by atoms with Crippen LogP contribution in [0.25, 0.3) is 11.4 Å². The summed E-state index contributed by atoms with van der Waals surface area (Å²) in [7, 11) is 0. The fourth-order valence-electron chi connectivity index (χ4n) is 4.06. The maximum Gasteiger partial charge on any atom is 0.319 e. The Balaban J connectivity index is 1.42. The Morgan fingerprint density at radius 2 is 1.90 bits per heavy atom. The van der Waals surface area contributed by atoms with Crippen LogP contribution in [0, 0.1) is 13.8 Å². The molecule has 0 saturated heterocycles. The van der Waals surface area contributed by atoms with E-state index in [1.54, 1.807) is 0 Å². The van der Waals surface area contributed by atoms with Crippen LogP contribution in [0.4, 0.5) is 10.5 Å². The van der Waals surface area contributed by atoms with Crippen molar-refractivity contribution in [1.29, 1.82) is 0 Å². The minimum Gasteiger partial charge on any atom is -0.336 e. The third-order valence-corrected chi connectivity index (χ3v) is 5.25. The van der Waals surface area contributed by atoms with Crippen LogP contribution in [0.5, 0.6) is 0 Å². The molecule has 2 amide bonds. The molecule has 29 heavy (non-hydrogen) atoms. The van der Waals surface area contributed by atoms with E-state index < -0.39 is 0 Å². The summed E-state index contributed by atoms with van der Waals surface area (Å²) < 4.78 is 2.05. The van der Waals surface area contributed by atoms with Crippen molar-refractivity contribution >= 4 is 11.7 Å². The molecule has 0 atom stereocenters. The summed E-state index contributed by atoms with van der Waals surface area (Å²) in [6.07, 6.45) is 6.25. The Labute approximate surface area is 171 Å². The van der Waals surface area contributed by atoms with Gasteiger partial charge in [0.25, 0.3) is 0 Å². The number of hydrogen-bond donors (Lipinski definition) is 2. The van der Waals surface area contributed by atoms with E-state index in [9.17, 15) is 4.79 Å². The van der Waals surface area contributed by atoms with Gasteiger partial charge in [-0.05, 0) is 74.9 Å². The molecule has 2 heterocycles. The zero-order valence-electron chi connectivity index (χ0n) is 17.0. The molecule has 6 heteroatoms. The summed E-state index contributed by atoms with van der Waals surface area (Å²) in [5, 5.41) is 10.7. The van der Waals surface area contributed by atoms with Gasteiger partial charge in [0.2, 0.25) is 0 Å². The number of carbonyl (C=O) groups is 1. The molecule has 2 aromatic heterocycles. The zero-order valence-corrected chi connectivity index (χ0v) is 17.0. The number of anilines is 1. The molecule has 0 bridgehead atoms. The van der Waals surface area contributed by atoms with Crippen molar-refractivity contribution < 1.29 is 4.79 Å². The third kappa shape index (κ3) is 4.47. The minimum atomic E-state index is -0.194. The van der Waals surface area contributed by atoms with Gasteiger partial charge in [-0.1, -0.05) is 12.1 Å². The number of rotatable bonds is 5. The van der Waals surface area contributed by atoms with E-state index >= 15 is 0 Å². The minimum absolute atomic E-state index is 0.194. The maximum atomic E-state index is 12.3. The molecular formula is C23H27N5O. The van der Waals surface area contributed by atoms with Gasteiger partial charge in [0.1, 0.15) is 5.69 Å². The smallest absolute Gasteiger partial charge is 0.319 e. The van der Waals surface area contributed by atoms with Gasteiger partial charge in [-0.15, -0.1) is 0 Å². The van der Waals surface area contributed by atoms with Crippen LogP contribution in [0.15, 0.2) is 42.6 Å². The predicted octanol–water partition coefficient (Wildman–Crippen LogP) is 4.26. The molecule has 0 unspecified atom stereocenters. The average Bonchev–Trinajstić information content (AvgIpc) is 3.07. The number of benzene rings is 1. The number of urea groups is 1. The van der Waals surface area contributed by atoms with Gasteiger partial charge < -0.3 is 10.6 Å². The monoisotopic (exact) mass is 389 g/mol. The molecule has 3 aromatic rings. The topological polar surface area (TPSA) is 71.8 Å². The van der Waals surface area contributed by atoms with Crippen LogP contribution in [-0.2, 0) is 19.4 Å². The fraction of sp³-hybridized carbons (Fsp3) is 0.348. The lowest BCUT2D eigenvalue weighted by Crippen LogP contribution is -2.32. The van der Waals surface area contributed by atoms with E-state index in [0.29, 0.717) is 13.1 Å². The van der Waals surface area contributed by atoms with Crippen LogP contribution in [-0.4, -0.2) is 27.3 Å². The number of fused-ring (bicyclic) bond motifs is 1. The van der Waals surface area contributed by atoms with Crippen molar-refractivity contribution in [3.63, 3.8) is 0 Å². The number of aromatic nitrogens is 3. The van der Waals surface area contributed by atoms with Crippen LogP contribution >= 0.6 is 0 Å². The van der Waals surface area contributed by atoms with E-state index in [0.717, 1.165) is 41.0 Å². The predicted molar refractivity (Wildman–Crippen MR) is 115 cm³/mol. The van der Waals surface area contributed by atoms with E-state index in [4.69, 9.17) is 5.10 Å². The number of nitrogens with one attached hydrogen (secondary N) is 2. The van der Waals surface area contributed by atoms with E-state index in [2.05, 4.69) is 26.4 Å². The van der Waals surface area contributed by atoms with Crippen molar-refractivity contribution in [2.24, 2.45) is 0 Å². The van der Waals surface area contributed by atoms with E-state index in [1.807, 2.05) is 50.4 Å². The van der Waals surface area contributed by atoms with Crippen LogP contribution in [0.2, 0.25) is 0 Å². The Kier molecular flexibility index (Phi) is 5.60. The summed E-state index contributed by atoms with van der Waals surface area (Å²) >= 11 is 0. The summed E-state index contributed by atoms with van der Waals surface area (Å²) in [6, 6.07) is 11.8. The summed E-state index contributed by atoms with van der Waals surface area (Å²) in [5.74, 6) is 0. The number of nitrogens with zero attached hydrogens (tertiary/aromatic N) is 3. The first-order valence-corrected chi connectivity index (χ1v) is 10.2. The lowest BCUT2D eigenvalue weighted by molar-refractivity contribution is 0.251. The van der Waals surface area contributed by atoms with Crippen molar-refractivity contribution in [2.45, 2.75) is 46.1 Å². The molecular weight excluding hydrogens is 362 g/mol. The molecule has 150 valence electrons.